The van der Waals surface area contributed by atoms with Crippen molar-refractivity contribution in [2.24, 2.45) is 0 Å². The zero-order valence-corrected chi connectivity index (χ0v) is 19.1. The third-order valence-corrected chi connectivity index (χ3v) is 5.53. The summed E-state index contributed by atoms with van der Waals surface area (Å²) in [5.41, 5.74) is 3.23. The lowest BCUT2D eigenvalue weighted by Crippen LogP contribution is -2.16. The van der Waals surface area contributed by atoms with Gasteiger partial charge in [0.2, 0.25) is 0 Å². The molecule has 0 bridgehead atoms. The Bertz CT molecular complexity index is 1370. The molecule has 0 saturated carbocycles. The van der Waals surface area contributed by atoms with Crippen molar-refractivity contribution in [3.8, 4) is 17.2 Å². The van der Waals surface area contributed by atoms with E-state index in [0.29, 0.717) is 22.3 Å². The van der Waals surface area contributed by atoms with Gasteiger partial charge in [0, 0.05) is 17.2 Å². The fourth-order valence-electron chi connectivity index (χ4n) is 3.58. The van der Waals surface area contributed by atoms with E-state index in [1.54, 1.807) is 97.9 Å². The molecule has 0 fully saturated rings. The minimum absolute atomic E-state index is 0.0382. The SMILES string of the molecule is CC(C(=O)Oc1cc(O)cc(/C=C/c2ccc(O)cc2)c1)c1cccc(C(=O)c2ccccc2)c1. The third kappa shape index (κ3) is 6.03. The van der Waals surface area contributed by atoms with Crippen molar-refractivity contribution in [3.05, 3.63) is 125 Å². The Balaban J connectivity index is 1.49. The quantitative estimate of drug-likeness (QED) is 0.147. The molecular weight excluding hydrogens is 440 g/mol. The molecule has 4 aromatic rings. The first-order valence-corrected chi connectivity index (χ1v) is 11.1. The Labute approximate surface area is 203 Å². The molecule has 0 heterocycles. The lowest BCUT2D eigenvalue weighted by molar-refractivity contribution is -0.135. The zero-order chi connectivity index (χ0) is 24.8. The molecule has 0 aliphatic carbocycles. The number of esters is 1. The lowest BCUT2D eigenvalue weighted by Gasteiger charge is -2.13. The summed E-state index contributed by atoms with van der Waals surface area (Å²) < 4.78 is 5.55. The normalized spacial score (nSPS) is 11.8. The molecule has 0 amide bonds. The van der Waals surface area contributed by atoms with Gasteiger partial charge in [0.1, 0.15) is 17.2 Å². The number of hydrogen-bond acceptors (Lipinski definition) is 5. The fourth-order valence-corrected chi connectivity index (χ4v) is 3.58. The first kappa shape index (κ1) is 23.5. The maximum atomic E-state index is 12.9. The van der Waals surface area contributed by atoms with Gasteiger partial charge in [-0.2, -0.15) is 0 Å². The molecule has 1 unspecified atom stereocenters. The summed E-state index contributed by atoms with van der Waals surface area (Å²) in [4.78, 5) is 25.6. The Kier molecular flexibility index (Phi) is 7.07. The molecule has 35 heavy (non-hydrogen) atoms. The number of hydrogen-bond donors (Lipinski definition) is 2. The van der Waals surface area contributed by atoms with E-state index < -0.39 is 11.9 Å². The molecule has 0 aromatic heterocycles. The molecule has 4 aromatic carbocycles. The van der Waals surface area contributed by atoms with Crippen molar-refractivity contribution >= 4 is 23.9 Å². The Morgan fingerprint density at radius 1 is 0.714 bits per heavy atom. The summed E-state index contributed by atoms with van der Waals surface area (Å²) in [5, 5.41) is 19.5. The van der Waals surface area contributed by atoms with Crippen LogP contribution in [-0.2, 0) is 4.79 Å². The molecule has 0 radical (unpaired) electrons. The maximum absolute atomic E-state index is 12.9. The molecule has 0 aliphatic rings. The second-order valence-corrected chi connectivity index (χ2v) is 8.15. The number of carbonyl (C=O) groups excluding carboxylic acids is 2. The monoisotopic (exact) mass is 464 g/mol. The van der Waals surface area contributed by atoms with Gasteiger partial charge in [-0.15, -0.1) is 0 Å². The van der Waals surface area contributed by atoms with Gasteiger partial charge in [0.25, 0.3) is 0 Å². The summed E-state index contributed by atoms with van der Waals surface area (Å²) in [6.07, 6.45) is 3.59. The minimum atomic E-state index is -0.628. The van der Waals surface area contributed by atoms with Crippen LogP contribution in [0, 0.1) is 0 Å². The van der Waals surface area contributed by atoms with Gasteiger partial charge < -0.3 is 14.9 Å². The average molecular weight is 465 g/mol. The number of ketones is 1. The molecule has 2 N–H and O–H groups in total. The highest BCUT2D eigenvalue weighted by atomic mass is 16.5. The van der Waals surface area contributed by atoms with Crippen LogP contribution in [0.1, 0.15) is 45.5 Å². The van der Waals surface area contributed by atoms with Crippen LogP contribution in [-0.4, -0.2) is 22.0 Å². The average Bonchev–Trinajstić information content (AvgIpc) is 2.87. The summed E-state index contributed by atoms with van der Waals surface area (Å²) >= 11 is 0. The van der Waals surface area contributed by atoms with Crippen molar-refractivity contribution in [2.75, 3.05) is 0 Å². The van der Waals surface area contributed by atoms with Crippen LogP contribution in [0.15, 0.2) is 97.1 Å². The summed E-state index contributed by atoms with van der Waals surface area (Å²) in [6, 6.07) is 27.2. The maximum Gasteiger partial charge on any atom is 0.318 e. The van der Waals surface area contributed by atoms with E-state index in [4.69, 9.17) is 4.74 Å². The van der Waals surface area contributed by atoms with Crippen molar-refractivity contribution in [1.29, 1.82) is 0 Å². The topological polar surface area (TPSA) is 83.8 Å². The van der Waals surface area contributed by atoms with E-state index in [-0.39, 0.29) is 23.0 Å². The predicted molar refractivity (Wildman–Crippen MR) is 136 cm³/mol. The Hall–Kier alpha value is -4.64. The van der Waals surface area contributed by atoms with Crippen molar-refractivity contribution in [3.63, 3.8) is 0 Å². The van der Waals surface area contributed by atoms with Crippen LogP contribution in [0.4, 0.5) is 0 Å². The molecule has 1 atom stereocenters. The van der Waals surface area contributed by atoms with Gasteiger partial charge in [0.15, 0.2) is 5.78 Å². The Morgan fingerprint density at radius 3 is 2.14 bits per heavy atom. The fraction of sp³-hybridized carbons (Fsp3) is 0.0667. The number of phenolic OH excluding ortho intramolecular Hbond substituents is 2. The zero-order valence-electron chi connectivity index (χ0n) is 19.1. The van der Waals surface area contributed by atoms with Crippen molar-refractivity contribution in [1.82, 2.24) is 0 Å². The van der Waals surface area contributed by atoms with E-state index in [9.17, 15) is 19.8 Å². The van der Waals surface area contributed by atoms with E-state index in [1.165, 1.54) is 6.07 Å². The first-order valence-electron chi connectivity index (χ1n) is 11.1. The van der Waals surface area contributed by atoms with Gasteiger partial charge in [-0.05, 0) is 53.9 Å². The van der Waals surface area contributed by atoms with Crippen LogP contribution in [0.3, 0.4) is 0 Å². The number of rotatable bonds is 7. The molecule has 0 aliphatic heterocycles. The summed E-state index contributed by atoms with van der Waals surface area (Å²) in [7, 11) is 0. The van der Waals surface area contributed by atoms with E-state index in [0.717, 1.165) is 5.56 Å². The lowest BCUT2D eigenvalue weighted by atomic mass is 9.96. The second kappa shape index (κ2) is 10.5. The van der Waals surface area contributed by atoms with Crippen molar-refractivity contribution in [2.45, 2.75) is 12.8 Å². The standard InChI is InChI=1S/C30H24O5/c1-20(24-8-5-9-25(18-24)29(33)23-6-3-2-4-7-23)30(34)35-28-17-22(16-27(32)19-28)11-10-21-12-14-26(31)15-13-21/h2-20,31-32H,1H3/b11-10+. The molecule has 174 valence electrons. The largest absolute Gasteiger partial charge is 0.508 e. The molecule has 0 spiro atoms. The summed E-state index contributed by atoms with van der Waals surface area (Å²) in [5.74, 6) is -0.901. The molecule has 4 rings (SSSR count). The third-order valence-electron chi connectivity index (χ3n) is 5.53. The predicted octanol–water partition coefficient (Wildman–Crippen LogP) is 6.21. The number of aromatic hydroxyl groups is 2. The van der Waals surface area contributed by atoms with Gasteiger partial charge in [-0.25, -0.2) is 0 Å². The van der Waals surface area contributed by atoms with Crippen LogP contribution >= 0.6 is 0 Å². The van der Waals surface area contributed by atoms with Crippen LogP contribution < -0.4 is 4.74 Å². The highest BCUT2D eigenvalue weighted by molar-refractivity contribution is 6.09. The number of phenols is 2. The van der Waals surface area contributed by atoms with E-state index >= 15 is 0 Å². The smallest absolute Gasteiger partial charge is 0.318 e. The number of benzene rings is 4. The Morgan fingerprint density at radius 2 is 1.40 bits per heavy atom. The van der Waals surface area contributed by atoms with E-state index in [2.05, 4.69) is 0 Å². The molecule has 0 saturated heterocycles. The van der Waals surface area contributed by atoms with Crippen molar-refractivity contribution < 1.29 is 24.5 Å². The van der Waals surface area contributed by atoms with Crippen LogP contribution in [0.25, 0.3) is 12.2 Å². The van der Waals surface area contributed by atoms with Gasteiger partial charge >= 0.3 is 5.97 Å². The first-order chi connectivity index (χ1) is 16.9. The highest BCUT2D eigenvalue weighted by Crippen LogP contribution is 2.26. The highest BCUT2D eigenvalue weighted by Gasteiger charge is 2.20. The number of ether oxygens (including phenoxy) is 1. The summed E-state index contributed by atoms with van der Waals surface area (Å²) in [6.45, 7) is 1.71. The number of carbonyl (C=O) groups is 2. The van der Waals surface area contributed by atoms with Gasteiger partial charge in [-0.1, -0.05) is 72.8 Å². The molecular formula is C30H24O5. The van der Waals surface area contributed by atoms with Gasteiger partial charge in [-0.3, -0.25) is 9.59 Å². The van der Waals surface area contributed by atoms with Crippen LogP contribution in [0.5, 0.6) is 17.2 Å². The van der Waals surface area contributed by atoms with E-state index in [1.807, 2.05) is 12.1 Å². The van der Waals surface area contributed by atoms with Crippen LogP contribution in [0.2, 0.25) is 0 Å². The molecule has 5 nitrogen and oxygen atoms in total. The minimum Gasteiger partial charge on any atom is -0.508 e. The van der Waals surface area contributed by atoms with Gasteiger partial charge in [0.05, 0.1) is 5.92 Å². The molecule has 5 heteroatoms. The second-order valence-electron chi connectivity index (χ2n) is 8.15.